The van der Waals surface area contributed by atoms with E-state index < -0.39 is 0 Å². The summed E-state index contributed by atoms with van der Waals surface area (Å²) in [6, 6.07) is 2.08. The van der Waals surface area contributed by atoms with E-state index in [9.17, 15) is 0 Å². The van der Waals surface area contributed by atoms with Gasteiger partial charge in [0.2, 0.25) is 0 Å². The number of aliphatic hydroxyl groups is 1. The average molecular weight is 268 g/mol. The van der Waals surface area contributed by atoms with Crippen LogP contribution in [0.4, 0.5) is 0 Å². The molecule has 1 aliphatic heterocycles. The number of nitrogens with one attached hydrogen (secondary N) is 1. The zero-order valence-corrected chi connectivity index (χ0v) is 12.6. The van der Waals surface area contributed by atoms with Crippen LogP contribution in [-0.2, 0) is 0 Å². The van der Waals surface area contributed by atoms with Crippen molar-refractivity contribution in [2.45, 2.75) is 82.8 Å². The van der Waals surface area contributed by atoms with Gasteiger partial charge >= 0.3 is 0 Å². The molecule has 2 rings (SSSR count). The van der Waals surface area contributed by atoms with E-state index in [1.807, 2.05) is 0 Å². The van der Waals surface area contributed by atoms with E-state index in [0.29, 0.717) is 18.7 Å². The summed E-state index contributed by atoms with van der Waals surface area (Å²) < 4.78 is 0. The smallest absolute Gasteiger partial charge is 0.0431 e. The lowest BCUT2D eigenvalue weighted by atomic mass is 9.92. The highest BCUT2D eigenvalue weighted by molar-refractivity contribution is 4.85. The quantitative estimate of drug-likeness (QED) is 0.777. The molecule has 1 heterocycles. The number of likely N-dealkylation sites (tertiary alicyclic amines) is 1. The summed E-state index contributed by atoms with van der Waals surface area (Å²) in [6.07, 6.45) is 11.9. The maximum Gasteiger partial charge on any atom is 0.0431 e. The van der Waals surface area contributed by atoms with E-state index in [-0.39, 0.29) is 0 Å². The Balaban J connectivity index is 1.73. The minimum Gasteiger partial charge on any atom is -0.396 e. The molecule has 1 saturated heterocycles. The summed E-state index contributed by atoms with van der Waals surface area (Å²) in [5.41, 5.74) is 0. The molecule has 0 spiro atoms. The van der Waals surface area contributed by atoms with E-state index in [2.05, 4.69) is 17.1 Å². The van der Waals surface area contributed by atoms with Crippen LogP contribution in [0.5, 0.6) is 0 Å². The maximum absolute atomic E-state index is 8.90. The SMILES string of the molecule is C[C@@H](CCCO)N[C@@H]1CCCN(C2CCCCC2)C1. The molecule has 1 aliphatic carbocycles. The van der Waals surface area contributed by atoms with Crippen LogP contribution in [0.25, 0.3) is 0 Å². The first-order valence-electron chi connectivity index (χ1n) is 8.40. The van der Waals surface area contributed by atoms with Crippen LogP contribution in [0.1, 0.15) is 64.7 Å². The number of hydrogen-bond donors (Lipinski definition) is 2. The third kappa shape index (κ3) is 5.05. The Morgan fingerprint density at radius 1 is 1.16 bits per heavy atom. The highest BCUT2D eigenvalue weighted by atomic mass is 16.2. The molecule has 0 amide bonds. The summed E-state index contributed by atoms with van der Waals surface area (Å²) in [5, 5.41) is 12.7. The molecule has 2 fully saturated rings. The maximum atomic E-state index is 8.90. The Hall–Kier alpha value is -0.120. The first-order valence-corrected chi connectivity index (χ1v) is 8.40. The first kappa shape index (κ1) is 15.3. The van der Waals surface area contributed by atoms with Crippen molar-refractivity contribution in [3.63, 3.8) is 0 Å². The molecule has 0 aromatic rings. The van der Waals surface area contributed by atoms with Crippen molar-refractivity contribution < 1.29 is 5.11 Å². The predicted molar refractivity (Wildman–Crippen MR) is 80.4 cm³/mol. The van der Waals surface area contributed by atoms with Gasteiger partial charge in [0.05, 0.1) is 0 Å². The van der Waals surface area contributed by atoms with Crippen LogP contribution in [0.2, 0.25) is 0 Å². The molecule has 112 valence electrons. The van der Waals surface area contributed by atoms with Crippen molar-refractivity contribution in [3.05, 3.63) is 0 Å². The zero-order valence-electron chi connectivity index (χ0n) is 12.6. The molecule has 3 heteroatoms. The number of aliphatic hydroxyl groups excluding tert-OH is 1. The van der Waals surface area contributed by atoms with E-state index in [4.69, 9.17) is 5.11 Å². The predicted octanol–water partition coefficient (Wildman–Crippen LogP) is 2.53. The van der Waals surface area contributed by atoms with Crippen LogP contribution in [0.3, 0.4) is 0 Å². The van der Waals surface area contributed by atoms with Gasteiger partial charge in [-0.2, -0.15) is 0 Å². The molecule has 2 aliphatic rings. The van der Waals surface area contributed by atoms with Crippen molar-refractivity contribution in [1.29, 1.82) is 0 Å². The summed E-state index contributed by atoms with van der Waals surface area (Å²) in [4.78, 5) is 2.75. The van der Waals surface area contributed by atoms with Crippen LogP contribution in [0.15, 0.2) is 0 Å². The molecule has 0 unspecified atom stereocenters. The van der Waals surface area contributed by atoms with Gasteiger partial charge in [0.15, 0.2) is 0 Å². The summed E-state index contributed by atoms with van der Waals surface area (Å²) in [6.45, 7) is 5.14. The fourth-order valence-electron chi connectivity index (χ4n) is 3.80. The molecule has 0 aromatic carbocycles. The van der Waals surface area contributed by atoms with Gasteiger partial charge in [-0.25, -0.2) is 0 Å². The molecule has 2 atom stereocenters. The summed E-state index contributed by atoms with van der Waals surface area (Å²) in [5.74, 6) is 0. The van der Waals surface area contributed by atoms with Crippen LogP contribution < -0.4 is 5.32 Å². The molecule has 0 radical (unpaired) electrons. The molecule has 0 aromatic heterocycles. The second-order valence-electron chi connectivity index (χ2n) is 6.56. The molecular weight excluding hydrogens is 236 g/mol. The van der Waals surface area contributed by atoms with Crippen molar-refractivity contribution in [2.24, 2.45) is 0 Å². The molecule has 19 heavy (non-hydrogen) atoms. The lowest BCUT2D eigenvalue weighted by Crippen LogP contribution is -2.51. The number of hydrogen-bond acceptors (Lipinski definition) is 3. The Labute approximate surface area is 118 Å². The van der Waals surface area contributed by atoms with Gasteiger partial charge in [-0.15, -0.1) is 0 Å². The summed E-state index contributed by atoms with van der Waals surface area (Å²) >= 11 is 0. The number of nitrogens with zero attached hydrogens (tertiary/aromatic N) is 1. The van der Waals surface area contributed by atoms with E-state index >= 15 is 0 Å². The third-order valence-corrected chi connectivity index (χ3v) is 4.86. The summed E-state index contributed by atoms with van der Waals surface area (Å²) in [7, 11) is 0. The van der Waals surface area contributed by atoms with E-state index in [1.165, 1.54) is 58.0 Å². The lowest BCUT2D eigenvalue weighted by molar-refractivity contribution is 0.106. The van der Waals surface area contributed by atoms with Gasteiger partial charge in [0.1, 0.15) is 0 Å². The van der Waals surface area contributed by atoms with Crippen LogP contribution in [0, 0.1) is 0 Å². The third-order valence-electron chi connectivity index (χ3n) is 4.86. The average Bonchev–Trinajstić information content (AvgIpc) is 2.46. The Bertz CT molecular complexity index is 241. The van der Waals surface area contributed by atoms with Crippen molar-refractivity contribution in [3.8, 4) is 0 Å². The van der Waals surface area contributed by atoms with Gasteiger partial charge in [-0.3, -0.25) is 4.90 Å². The van der Waals surface area contributed by atoms with Gasteiger partial charge in [0, 0.05) is 31.3 Å². The highest BCUT2D eigenvalue weighted by Crippen LogP contribution is 2.25. The van der Waals surface area contributed by atoms with Gasteiger partial charge in [-0.05, 0) is 52.0 Å². The van der Waals surface area contributed by atoms with Gasteiger partial charge in [0.25, 0.3) is 0 Å². The number of piperidine rings is 1. The zero-order chi connectivity index (χ0) is 13.5. The minimum absolute atomic E-state index is 0.324. The van der Waals surface area contributed by atoms with Crippen molar-refractivity contribution in [2.75, 3.05) is 19.7 Å². The Kier molecular flexibility index (Phi) is 6.62. The largest absolute Gasteiger partial charge is 0.396 e. The fourth-order valence-corrected chi connectivity index (χ4v) is 3.80. The standard InChI is InChI=1S/C16H32N2O/c1-14(7-6-12-19)17-15-8-5-11-18(13-15)16-9-3-2-4-10-16/h14-17,19H,2-13H2,1H3/t14-,15+/m0/s1. The molecule has 3 nitrogen and oxygen atoms in total. The Morgan fingerprint density at radius 3 is 2.68 bits per heavy atom. The van der Waals surface area contributed by atoms with Crippen molar-refractivity contribution >= 4 is 0 Å². The molecular formula is C16H32N2O. The minimum atomic E-state index is 0.324. The first-order chi connectivity index (χ1) is 9.29. The monoisotopic (exact) mass is 268 g/mol. The van der Waals surface area contributed by atoms with E-state index in [1.54, 1.807) is 0 Å². The highest BCUT2D eigenvalue weighted by Gasteiger charge is 2.27. The second kappa shape index (κ2) is 8.23. The van der Waals surface area contributed by atoms with Gasteiger partial charge < -0.3 is 10.4 Å². The Morgan fingerprint density at radius 2 is 1.95 bits per heavy atom. The van der Waals surface area contributed by atoms with Gasteiger partial charge in [-0.1, -0.05) is 19.3 Å². The lowest BCUT2D eigenvalue weighted by Gasteiger charge is -2.41. The van der Waals surface area contributed by atoms with Crippen molar-refractivity contribution in [1.82, 2.24) is 10.2 Å². The molecule has 1 saturated carbocycles. The normalized spacial score (nSPS) is 28.4. The van der Waals surface area contributed by atoms with E-state index in [0.717, 1.165) is 18.9 Å². The topological polar surface area (TPSA) is 35.5 Å². The number of rotatable bonds is 6. The van der Waals surface area contributed by atoms with Crippen LogP contribution in [-0.4, -0.2) is 47.8 Å². The molecule has 2 N–H and O–H groups in total. The fraction of sp³-hybridized carbons (Fsp3) is 1.00. The molecule has 0 bridgehead atoms. The van der Waals surface area contributed by atoms with Crippen LogP contribution >= 0.6 is 0 Å². The second-order valence-corrected chi connectivity index (χ2v) is 6.56.